The Kier molecular flexibility index (Phi) is 6.61. The lowest BCUT2D eigenvalue weighted by Gasteiger charge is -2.14. The molecule has 0 bridgehead atoms. The summed E-state index contributed by atoms with van der Waals surface area (Å²) >= 11 is 3.31. The normalized spacial score (nSPS) is 11.2. The summed E-state index contributed by atoms with van der Waals surface area (Å²) in [5.74, 6) is -1.17. The zero-order valence-corrected chi connectivity index (χ0v) is 16.6. The Hall–Kier alpha value is -1.86. The second-order valence-electron chi connectivity index (χ2n) is 6.00. The van der Waals surface area contributed by atoms with Crippen LogP contribution in [0.25, 0.3) is 0 Å². The molecule has 0 aliphatic rings. The van der Waals surface area contributed by atoms with Crippen molar-refractivity contribution in [2.75, 3.05) is 24.7 Å². The summed E-state index contributed by atoms with van der Waals surface area (Å²) in [4.78, 5) is 14.0. The lowest BCUT2D eigenvalue weighted by atomic mass is 10.2. The van der Waals surface area contributed by atoms with Crippen molar-refractivity contribution in [3.05, 3.63) is 64.1 Å². The monoisotopic (exact) mass is 424 g/mol. The molecular weight excluding hydrogens is 404 g/mol. The first-order valence-electron chi connectivity index (χ1n) is 7.73. The van der Waals surface area contributed by atoms with Crippen molar-refractivity contribution in [1.82, 2.24) is 5.32 Å². The van der Waals surface area contributed by atoms with Gasteiger partial charge in [0.1, 0.15) is 5.75 Å². The van der Waals surface area contributed by atoms with Crippen molar-refractivity contribution in [2.24, 2.45) is 0 Å². The highest BCUT2D eigenvalue weighted by Gasteiger charge is 2.17. The predicted molar refractivity (Wildman–Crippen MR) is 104 cm³/mol. The van der Waals surface area contributed by atoms with Crippen molar-refractivity contribution in [2.45, 2.75) is 12.3 Å². The smallest absolute Gasteiger partial charge is 0.235 e. The van der Waals surface area contributed by atoms with Gasteiger partial charge in [-0.3, -0.25) is 4.79 Å². The fourth-order valence-electron chi connectivity index (χ4n) is 2.33. The third kappa shape index (κ3) is 6.51. The zero-order valence-electron chi connectivity index (χ0n) is 14.2. The number of carbonyl (C=O) groups excluding carboxylic acids is 1. The zero-order chi connectivity index (χ0) is 18.4. The molecule has 2 aromatic rings. The third-order valence-electron chi connectivity index (χ3n) is 3.54. The van der Waals surface area contributed by atoms with Crippen LogP contribution in [0, 0.1) is 0 Å². The summed E-state index contributed by atoms with van der Waals surface area (Å²) in [7, 11) is 0.356. The van der Waals surface area contributed by atoms with Crippen LogP contribution in [0.4, 0.5) is 5.69 Å². The van der Waals surface area contributed by atoms with E-state index in [1.54, 1.807) is 18.2 Å². The molecule has 0 spiro atoms. The SMILES string of the molecule is CN(C)c1cccc(CNC(=O)CS(=O)(=O)Cc2cccc(Br)c2)c1. The molecule has 0 radical (unpaired) electrons. The molecule has 5 nitrogen and oxygen atoms in total. The Bertz CT molecular complexity index is 851. The Morgan fingerprint density at radius 1 is 1.08 bits per heavy atom. The average Bonchev–Trinajstić information content (AvgIpc) is 2.52. The molecule has 0 atom stereocenters. The summed E-state index contributed by atoms with van der Waals surface area (Å²) < 4.78 is 25.2. The first kappa shape index (κ1) is 19.5. The summed E-state index contributed by atoms with van der Waals surface area (Å²) in [6.45, 7) is 0.299. The minimum absolute atomic E-state index is 0.157. The van der Waals surface area contributed by atoms with Gasteiger partial charge in [-0.05, 0) is 35.4 Å². The summed E-state index contributed by atoms with van der Waals surface area (Å²) in [6, 6.07) is 14.8. The van der Waals surface area contributed by atoms with E-state index < -0.39 is 21.5 Å². The first-order valence-corrected chi connectivity index (χ1v) is 10.3. The largest absolute Gasteiger partial charge is 0.378 e. The molecule has 0 saturated carbocycles. The highest BCUT2D eigenvalue weighted by atomic mass is 79.9. The fraction of sp³-hybridized carbons (Fsp3) is 0.278. The number of nitrogens with zero attached hydrogens (tertiary/aromatic N) is 1. The van der Waals surface area contributed by atoms with Crippen LogP contribution >= 0.6 is 15.9 Å². The molecule has 0 saturated heterocycles. The second kappa shape index (κ2) is 8.49. The summed E-state index contributed by atoms with van der Waals surface area (Å²) in [6.07, 6.45) is 0. The van der Waals surface area contributed by atoms with Gasteiger partial charge in [-0.25, -0.2) is 8.42 Å². The maximum atomic E-state index is 12.2. The fourth-order valence-corrected chi connectivity index (χ4v) is 4.07. The van der Waals surface area contributed by atoms with Crippen LogP contribution in [0.15, 0.2) is 53.0 Å². The lowest BCUT2D eigenvalue weighted by Crippen LogP contribution is -2.30. The molecule has 134 valence electrons. The van der Waals surface area contributed by atoms with Crippen molar-refractivity contribution >= 4 is 37.4 Å². The lowest BCUT2D eigenvalue weighted by molar-refractivity contribution is -0.118. The molecule has 7 heteroatoms. The van der Waals surface area contributed by atoms with E-state index in [0.29, 0.717) is 12.1 Å². The number of anilines is 1. The first-order chi connectivity index (χ1) is 11.7. The minimum Gasteiger partial charge on any atom is -0.378 e. The molecule has 0 aliphatic heterocycles. The van der Waals surface area contributed by atoms with Gasteiger partial charge in [-0.2, -0.15) is 0 Å². The minimum atomic E-state index is -3.52. The number of nitrogens with one attached hydrogen (secondary N) is 1. The van der Waals surface area contributed by atoms with Gasteiger partial charge in [-0.1, -0.05) is 40.2 Å². The Labute approximate surface area is 157 Å². The second-order valence-corrected chi connectivity index (χ2v) is 8.98. The highest BCUT2D eigenvalue weighted by molar-refractivity contribution is 9.10. The molecule has 1 amide bonds. The third-order valence-corrected chi connectivity index (χ3v) is 5.51. The van der Waals surface area contributed by atoms with Crippen LogP contribution in [-0.4, -0.2) is 34.2 Å². The highest BCUT2D eigenvalue weighted by Crippen LogP contribution is 2.15. The van der Waals surface area contributed by atoms with Gasteiger partial charge in [0, 0.05) is 30.8 Å². The van der Waals surface area contributed by atoms with Gasteiger partial charge in [0.15, 0.2) is 9.84 Å². The summed E-state index contributed by atoms with van der Waals surface area (Å²) in [5.41, 5.74) is 2.60. The molecule has 1 N–H and O–H groups in total. The molecule has 0 fully saturated rings. The van der Waals surface area contributed by atoms with E-state index >= 15 is 0 Å². The molecule has 25 heavy (non-hydrogen) atoms. The number of carbonyl (C=O) groups is 1. The van der Waals surface area contributed by atoms with Gasteiger partial charge < -0.3 is 10.2 Å². The number of amides is 1. The molecule has 0 aromatic heterocycles. The quantitative estimate of drug-likeness (QED) is 0.741. The molecule has 0 unspecified atom stereocenters. The number of hydrogen-bond donors (Lipinski definition) is 1. The maximum absolute atomic E-state index is 12.2. The van der Waals surface area contributed by atoms with E-state index in [4.69, 9.17) is 0 Å². The number of rotatable bonds is 7. The summed E-state index contributed by atoms with van der Waals surface area (Å²) in [5, 5.41) is 2.67. The Balaban J connectivity index is 1.92. The van der Waals surface area contributed by atoms with Crippen molar-refractivity contribution < 1.29 is 13.2 Å². The predicted octanol–water partition coefficient (Wildman–Crippen LogP) is 2.75. The number of halogens is 1. The topological polar surface area (TPSA) is 66.5 Å². The van der Waals surface area contributed by atoms with Crippen LogP contribution in [0.3, 0.4) is 0 Å². The van der Waals surface area contributed by atoms with E-state index in [-0.39, 0.29) is 5.75 Å². The van der Waals surface area contributed by atoms with Crippen LogP contribution < -0.4 is 10.2 Å². The number of hydrogen-bond acceptors (Lipinski definition) is 4. The average molecular weight is 425 g/mol. The van der Waals surface area contributed by atoms with Gasteiger partial charge in [0.2, 0.25) is 5.91 Å². The van der Waals surface area contributed by atoms with Crippen molar-refractivity contribution in [3.63, 3.8) is 0 Å². The van der Waals surface area contributed by atoms with Gasteiger partial charge in [0.05, 0.1) is 5.75 Å². The van der Waals surface area contributed by atoms with Gasteiger partial charge >= 0.3 is 0 Å². The van der Waals surface area contributed by atoms with E-state index in [1.807, 2.05) is 49.3 Å². The van der Waals surface area contributed by atoms with E-state index in [1.165, 1.54) is 0 Å². The van der Waals surface area contributed by atoms with Crippen LogP contribution in [0.2, 0.25) is 0 Å². The standard InChI is InChI=1S/C18H21BrN2O3S/c1-21(2)17-8-4-5-14(10-17)11-20-18(22)13-25(23,24)12-15-6-3-7-16(19)9-15/h3-10H,11-13H2,1-2H3,(H,20,22). The number of sulfone groups is 1. The molecule has 0 heterocycles. The molecular formula is C18H21BrN2O3S. The van der Waals surface area contributed by atoms with E-state index in [0.717, 1.165) is 15.7 Å². The Morgan fingerprint density at radius 3 is 2.44 bits per heavy atom. The molecule has 2 aromatic carbocycles. The molecule has 0 aliphatic carbocycles. The van der Waals surface area contributed by atoms with Crippen molar-refractivity contribution in [3.8, 4) is 0 Å². The van der Waals surface area contributed by atoms with E-state index in [2.05, 4.69) is 21.2 Å². The molecule has 2 rings (SSSR count). The number of benzene rings is 2. The maximum Gasteiger partial charge on any atom is 0.235 e. The Morgan fingerprint density at radius 2 is 1.76 bits per heavy atom. The van der Waals surface area contributed by atoms with Gasteiger partial charge in [0.25, 0.3) is 0 Å². The van der Waals surface area contributed by atoms with E-state index in [9.17, 15) is 13.2 Å². The van der Waals surface area contributed by atoms with Gasteiger partial charge in [-0.15, -0.1) is 0 Å². The van der Waals surface area contributed by atoms with Crippen molar-refractivity contribution in [1.29, 1.82) is 0 Å². The van der Waals surface area contributed by atoms with Crippen LogP contribution in [-0.2, 0) is 26.9 Å². The van der Waals surface area contributed by atoms with Crippen LogP contribution in [0.5, 0.6) is 0 Å². The van der Waals surface area contributed by atoms with Crippen LogP contribution in [0.1, 0.15) is 11.1 Å².